The molecule has 1 atom stereocenters. The topological polar surface area (TPSA) is 55.1 Å². The first-order chi connectivity index (χ1) is 7.58. The normalized spacial score (nSPS) is 22.6. The van der Waals surface area contributed by atoms with Crippen molar-refractivity contribution in [3.8, 4) is 0 Å². The van der Waals surface area contributed by atoms with Crippen molar-refractivity contribution in [2.45, 2.75) is 58.0 Å². The van der Waals surface area contributed by atoms with Crippen molar-refractivity contribution in [2.75, 3.05) is 0 Å². The molecule has 2 saturated carbocycles. The number of carbonyl (C=O) groups excluding carboxylic acids is 1. The lowest BCUT2D eigenvalue weighted by molar-refractivity contribution is -0.122. The first kappa shape index (κ1) is 11.9. The SMILES string of the molecule is CC(C)C(N)CC(=O)NC(C1CC1)C1CC1. The van der Waals surface area contributed by atoms with Crippen LogP contribution in [0.15, 0.2) is 0 Å². The van der Waals surface area contributed by atoms with Crippen LogP contribution in [0.4, 0.5) is 0 Å². The molecule has 0 aromatic heterocycles. The highest BCUT2D eigenvalue weighted by molar-refractivity contribution is 5.77. The van der Waals surface area contributed by atoms with Gasteiger partial charge in [-0.1, -0.05) is 13.8 Å². The maximum absolute atomic E-state index is 11.8. The Bertz CT molecular complexity index is 245. The van der Waals surface area contributed by atoms with Crippen molar-refractivity contribution in [1.29, 1.82) is 0 Å². The van der Waals surface area contributed by atoms with Gasteiger partial charge in [0.15, 0.2) is 0 Å². The Morgan fingerprint density at radius 1 is 1.25 bits per heavy atom. The van der Waals surface area contributed by atoms with Crippen molar-refractivity contribution in [1.82, 2.24) is 5.32 Å². The third kappa shape index (κ3) is 3.21. The standard InChI is InChI=1S/C13H24N2O/c1-8(2)11(14)7-12(16)15-13(9-3-4-9)10-5-6-10/h8-11,13H,3-7,14H2,1-2H3,(H,15,16). The monoisotopic (exact) mass is 224 g/mol. The fraction of sp³-hybridized carbons (Fsp3) is 0.923. The van der Waals surface area contributed by atoms with Gasteiger partial charge in [-0.2, -0.15) is 0 Å². The van der Waals surface area contributed by atoms with E-state index in [0.717, 1.165) is 11.8 Å². The molecule has 1 amide bonds. The van der Waals surface area contributed by atoms with Crippen LogP contribution in [0.2, 0.25) is 0 Å². The van der Waals surface area contributed by atoms with Gasteiger partial charge in [-0.15, -0.1) is 0 Å². The minimum atomic E-state index is -0.000874. The molecule has 3 nitrogen and oxygen atoms in total. The summed E-state index contributed by atoms with van der Waals surface area (Å²) >= 11 is 0. The van der Waals surface area contributed by atoms with E-state index < -0.39 is 0 Å². The van der Waals surface area contributed by atoms with Gasteiger partial charge in [0.2, 0.25) is 5.91 Å². The van der Waals surface area contributed by atoms with Gasteiger partial charge >= 0.3 is 0 Å². The third-order valence-electron chi connectivity index (χ3n) is 3.86. The van der Waals surface area contributed by atoms with Crippen molar-refractivity contribution in [2.24, 2.45) is 23.5 Å². The number of hydrogen-bond acceptors (Lipinski definition) is 2. The molecule has 2 rings (SSSR count). The van der Waals surface area contributed by atoms with Gasteiger partial charge in [0, 0.05) is 18.5 Å². The zero-order valence-electron chi connectivity index (χ0n) is 10.4. The fourth-order valence-electron chi connectivity index (χ4n) is 2.23. The zero-order chi connectivity index (χ0) is 11.7. The predicted molar refractivity (Wildman–Crippen MR) is 64.8 cm³/mol. The van der Waals surface area contributed by atoms with E-state index in [2.05, 4.69) is 19.2 Å². The van der Waals surface area contributed by atoms with Gasteiger partial charge in [0.05, 0.1) is 0 Å². The van der Waals surface area contributed by atoms with E-state index >= 15 is 0 Å². The van der Waals surface area contributed by atoms with E-state index in [1.54, 1.807) is 0 Å². The summed E-state index contributed by atoms with van der Waals surface area (Å²) in [6.07, 6.45) is 5.69. The number of hydrogen-bond donors (Lipinski definition) is 2. The largest absolute Gasteiger partial charge is 0.353 e. The maximum Gasteiger partial charge on any atom is 0.221 e. The molecule has 3 heteroatoms. The molecule has 1 unspecified atom stereocenters. The quantitative estimate of drug-likeness (QED) is 0.721. The molecule has 0 bridgehead atoms. The molecule has 2 aliphatic carbocycles. The van der Waals surface area contributed by atoms with Gasteiger partial charge in [0.25, 0.3) is 0 Å². The molecular formula is C13H24N2O. The van der Waals surface area contributed by atoms with Crippen molar-refractivity contribution < 1.29 is 4.79 Å². The summed E-state index contributed by atoms with van der Waals surface area (Å²) in [4.78, 5) is 11.8. The minimum Gasteiger partial charge on any atom is -0.353 e. The Hall–Kier alpha value is -0.570. The minimum absolute atomic E-state index is 0.000874. The highest BCUT2D eigenvalue weighted by Crippen LogP contribution is 2.44. The van der Waals surface area contributed by atoms with Gasteiger partial charge in [-0.25, -0.2) is 0 Å². The Kier molecular flexibility index (Phi) is 3.53. The molecule has 3 N–H and O–H groups in total. The molecule has 0 heterocycles. The van der Waals surface area contributed by atoms with Crippen LogP contribution in [-0.4, -0.2) is 18.0 Å². The highest BCUT2D eigenvalue weighted by atomic mass is 16.1. The predicted octanol–water partition coefficient (Wildman–Crippen LogP) is 1.66. The first-order valence-electron chi connectivity index (χ1n) is 6.63. The van der Waals surface area contributed by atoms with E-state index in [1.807, 2.05) is 0 Å². The Balaban J connectivity index is 1.76. The second-order valence-electron chi connectivity index (χ2n) is 5.88. The van der Waals surface area contributed by atoms with Crippen molar-refractivity contribution in [3.63, 3.8) is 0 Å². The van der Waals surface area contributed by atoms with Crippen LogP contribution in [0.5, 0.6) is 0 Å². The summed E-state index contributed by atoms with van der Waals surface area (Å²) in [5.74, 6) is 2.08. The van der Waals surface area contributed by atoms with Crippen LogP contribution in [0.3, 0.4) is 0 Å². The summed E-state index contributed by atoms with van der Waals surface area (Å²) < 4.78 is 0. The lowest BCUT2D eigenvalue weighted by atomic mass is 10.0. The van der Waals surface area contributed by atoms with Gasteiger partial charge in [-0.05, 0) is 43.4 Å². The van der Waals surface area contributed by atoms with Crippen molar-refractivity contribution in [3.05, 3.63) is 0 Å². The summed E-state index contributed by atoms with van der Waals surface area (Å²) in [5, 5.41) is 3.21. The Morgan fingerprint density at radius 2 is 1.75 bits per heavy atom. The van der Waals surface area contributed by atoms with Gasteiger partial charge in [-0.3, -0.25) is 4.79 Å². The summed E-state index contributed by atoms with van der Waals surface area (Å²) in [7, 11) is 0. The maximum atomic E-state index is 11.8. The number of amides is 1. The van der Waals surface area contributed by atoms with Crippen molar-refractivity contribution >= 4 is 5.91 Å². The molecule has 0 aliphatic heterocycles. The summed E-state index contributed by atoms with van der Waals surface area (Å²) in [5.41, 5.74) is 5.92. The molecule has 0 radical (unpaired) electrons. The number of rotatable bonds is 6. The molecule has 0 aromatic rings. The Labute approximate surface area is 98.2 Å². The summed E-state index contributed by atoms with van der Waals surface area (Å²) in [6, 6.07) is 0.464. The Morgan fingerprint density at radius 3 is 2.12 bits per heavy atom. The average Bonchev–Trinajstić information content (AvgIpc) is 3.05. The van der Waals surface area contributed by atoms with Gasteiger partial charge in [0.1, 0.15) is 0 Å². The lowest BCUT2D eigenvalue weighted by Gasteiger charge is -2.20. The van der Waals surface area contributed by atoms with Crippen LogP contribution >= 0.6 is 0 Å². The van der Waals surface area contributed by atoms with Crippen LogP contribution in [0.1, 0.15) is 46.0 Å². The smallest absolute Gasteiger partial charge is 0.221 e. The third-order valence-corrected chi connectivity index (χ3v) is 3.86. The number of nitrogens with one attached hydrogen (secondary N) is 1. The average molecular weight is 224 g/mol. The molecule has 0 saturated heterocycles. The van der Waals surface area contributed by atoms with Crippen LogP contribution in [0, 0.1) is 17.8 Å². The summed E-state index contributed by atoms with van der Waals surface area (Å²) in [6.45, 7) is 4.13. The number of nitrogens with two attached hydrogens (primary N) is 1. The molecule has 2 aliphatic rings. The molecule has 92 valence electrons. The van der Waals surface area contributed by atoms with Gasteiger partial charge < -0.3 is 11.1 Å². The van der Waals surface area contributed by atoms with E-state index in [9.17, 15) is 4.79 Å². The van der Waals surface area contributed by atoms with E-state index in [0.29, 0.717) is 18.4 Å². The fourth-order valence-corrected chi connectivity index (χ4v) is 2.23. The second-order valence-corrected chi connectivity index (χ2v) is 5.88. The molecule has 0 aromatic carbocycles. The van der Waals surface area contributed by atoms with Crippen LogP contribution in [-0.2, 0) is 4.79 Å². The lowest BCUT2D eigenvalue weighted by Crippen LogP contribution is -2.41. The van der Waals surface area contributed by atoms with E-state index in [4.69, 9.17) is 5.73 Å². The van der Waals surface area contributed by atoms with E-state index in [-0.39, 0.29) is 11.9 Å². The molecule has 0 spiro atoms. The second kappa shape index (κ2) is 4.74. The molecule has 2 fully saturated rings. The zero-order valence-corrected chi connectivity index (χ0v) is 10.4. The van der Waals surface area contributed by atoms with Crippen LogP contribution in [0.25, 0.3) is 0 Å². The molecular weight excluding hydrogens is 200 g/mol. The molecule has 16 heavy (non-hydrogen) atoms. The van der Waals surface area contributed by atoms with E-state index in [1.165, 1.54) is 25.7 Å². The highest BCUT2D eigenvalue weighted by Gasteiger charge is 2.42. The first-order valence-corrected chi connectivity index (χ1v) is 6.63. The number of carbonyl (C=O) groups is 1. The van der Waals surface area contributed by atoms with Crippen LogP contribution < -0.4 is 11.1 Å².